The van der Waals surface area contributed by atoms with Crippen molar-refractivity contribution in [2.45, 2.75) is 11.6 Å². The number of aliphatic hydroxyl groups is 1. The predicted molar refractivity (Wildman–Crippen MR) is 55.0 cm³/mol. The van der Waals surface area contributed by atoms with E-state index in [4.69, 9.17) is 0 Å². The van der Waals surface area contributed by atoms with Crippen molar-refractivity contribution in [3.05, 3.63) is 24.0 Å². The number of β-amino-alcohol motifs (C(OH)–C–C–N with tert-alkyl or cyclic N) is 1. The summed E-state index contributed by atoms with van der Waals surface area (Å²) in [5.41, 5.74) is -1.01. The van der Waals surface area contributed by atoms with Crippen LogP contribution in [0.3, 0.4) is 0 Å². The van der Waals surface area contributed by atoms with Crippen LogP contribution in [-0.4, -0.2) is 27.9 Å². The monoisotopic (exact) mass is 250 g/mol. The molecule has 16 heavy (non-hydrogen) atoms. The Morgan fingerprint density at radius 1 is 1.50 bits per heavy atom. The minimum Gasteiger partial charge on any atom is -0.381 e. The first-order chi connectivity index (χ1) is 7.47. The van der Waals surface area contributed by atoms with Crippen LogP contribution in [0.25, 0.3) is 0 Å². The maximum Gasteiger partial charge on any atom is 0.433 e. The predicted octanol–water partition coefficient (Wildman–Crippen LogP) is 1.93. The number of rotatable bonds is 1. The third kappa shape index (κ3) is 2.41. The second kappa shape index (κ2) is 4.14. The Hall–Kier alpha value is -0.950. The van der Waals surface area contributed by atoms with E-state index in [2.05, 4.69) is 4.98 Å². The number of hydrogen-bond donors (Lipinski definition) is 1. The summed E-state index contributed by atoms with van der Waals surface area (Å²) in [6, 6.07) is 2.51. The number of thioether (sulfide) groups is 1. The van der Waals surface area contributed by atoms with Gasteiger partial charge in [0.25, 0.3) is 0 Å². The van der Waals surface area contributed by atoms with Crippen molar-refractivity contribution < 1.29 is 18.3 Å². The van der Waals surface area contributed by atoms with Gasteiger partial charge in [-0.25, -0.2) is 0 Å². The van der Waals surface area contributed by atoms with Crippen molar-refractivity contribution in [1.29, 1.82) is 0 Å². The highest BCUT2D eigenvalue weighted by Gasteiger charge is 2.33. The van der Waals surface area contributed by atoms with Gasteiger partial charge in [0, 0.05) is 11.9 Å². The van der Waals surface area contributed by atoms with E-state index in [0.29, 0.717) is 18.1 Å². The molecule has 1 fully saturated rings. The van der Waals surface area contributed by atoms with Crippen LogP contribution in [0.4, 0.5) is 18.9 Å². The molecule has 1 unspecified atom stereocenters. The lowest BCUT2D eigenvalue weighted by molar-refractivity contribution is -0.141. The smallest absolute Gasteiger partial charge is 0.381 e. The zero-order valence-corrected chi connectivity index (χ0v) is 8.92. The SMILES string of the molecule is OC1CN(c2ccnc(C(F)(F)F)c2)CS1. The second-order valence-corrected chi connectivity index (χ2v) is 4.51. The molecule has 0 saturated carbocycles. The van der Waals surface area contributed by atoms with Crippen molar-refractivity contribution in [3.63, 3.8) is 0 Å². The van der Waals surface area contributed by atoms with Gasteiger partial charge in [0.05, 0.1) is 12.4 Å². The molecule has 0 aromatic carbocycles. The fourth-order valence-corrected chi connectivity index (χ4v) is 2.31. The van der Waals surface area contributed by atoms with Gasteiger partial charge < -0.3 is 10.0 Å². The molecular weight excluding hydrogens is 241 g/mol. The third-order valence-corrected chi connectivity index (χ3v) is 3.19. The van der Waals surface area contributed by atoms with Crippen LogP contribution in [0, 0.1) is 0 Å². The summed E-state index contributed by atoms with van der Waals surface area (Å²) in [5, 5.41) is 9.27. The molecule has 1 N–H and O–H groups in total. The Balaban J connectivity index is 2.23. The zero-order valence-electron chi connectivity index (χ0n) is 8.11. The molecule has 2 rings (SSSR count). The first-order valence-corrected chi connectivity index (χ1v) is 5.59. The number of nitrogens with zero attached hydrogens (tertiary/aromatic N) is 2. The van der Waals surface area contributed by atoms with E-state index in [1.54, 1.807) is 4.90 Å². The van der Waals surface area contributed by atoms with E-state index in [-0.39, 0.29) is 0 Å². The van der Waals surface area contributed by atoms with E-state index in [9.17, 15) is 18.3 Å². The Bertz CT molecular complexity index is 385. The Morgan fingerprint density at radius 3 is 2.81 bits per heavy atom. The third-order valence-electron chi connectivity index (χ3n) is 2.20. The minimum atomic E-state index is -4.43. The molecular formula is C9H9F3N2OS. The highest BCUT2D eigenvalue weighted by Crippen LogP contribution is 2.32. The van der Waals surface area contributed by atoms with Crippen LogP contribution in [0.5, 0.6) is 0 Å². The summed E-state index contributed by atoms with van der Waals surface area (Å²) in [6.07, 6.45) is -3.30. The van der Waals surface area contributed by atoms with Gasteiger partial charge in [-0.05, 0) is 12.1 Å². The van der Waals surface area contributed by atoms with E-state index in [0.717, 1.165) is 12.3 Å². The molecule has 2 heterocycles. The van der Waals surface area contributed by atoms with Gasteiger partial charge in [-0.15, -0.1) is 11.8 Å². The van der Waals surface area contributed by atoms with E-state index >= 15 is 0 Å². The van der Waals surface area contributed by atoms with Crippen LogP contribution >= 0.6 is 11.8 Å². The molecule has 0 amide bonds. The molecule has 7 heteroatoms. The number of aromatic nitrogens is 1. The van der Waals surface area contributed by atoms with Crippen LogP contribution in [-0.2, 0) is 6.18 Å². The number of pyridine rings is 1. The number of alkyl halides is 3. The molecule has 3 nitrogen and oxygen atoms in total. The maximum absolute atomic E-state index is 12.4. The van der Waals surface area contributed by atoms with Gasteiger partial charge in [-0.1, -0.05) is 0 Å². The lowest BCUT2D eigenvalue weighted by Gasteiger charge is -2.17. The quantitative estimate of drug-likeness (QED) is 0.826. The topological polar surface area (TPSA) is 36.4 Å². The summed E-state index contributed by atoms with van der Waals surface area (Å²) < 4.78 is 37.2. The Labute approximate surface area is 94.3 Å². The normalized spacial score (nSPS) is 21.5. The molecule has 88 valence electrons. The maximum atomic E-state index is 12.4. The summed E-state index contributed by atoms with van der Waals surface area (Å²) in [6.45, 7) is 0.339. The zero-order chi connectivity index (χ0) is 11.8. The van der Waals surface area contributed by atoms with Gasteiger partial charge in [0.2, 0.25) is 0 Å². The average Bonchev–Trinajstić information content (AvgIpc) is 2.64. The summed E-state index contributed by atoms with van der Waals surface area (Å²) in [7, 11) is 0. The van der Waals surface area contributed by atoms with Crippen LogP contribution < -0.4 is 4.90 Å². The average molecular weight is 250 g/mol. The molecule has 1 aliphatic rings. The lowest BCUT2D eigenvalue weighted by Crippen LogP contribution is -2.22. The van der Waals surface area contributed by atoms with Gasteiger partial charge in [-0.3, -0.25) is 4.98 Å². The lowest BCUT2D eigenvalue weighted by atomic mass is 10.3. The standard InChI is InChI=1S/C9H9F3N2OS/c10-9(11,12)7-3-6(1-2-13-7)14-4-8(15)16-5-14/h1-3,8,15H,4-5H2. The molecule has 0 radical (unpaired) electrons. The van der Waals surface area contributed by atoms with Gasteiger partial charge in [0.15, 0.2) is 0 Å². The van der Waals surface area contributed by atoms with Crippen molar-refractivity contribution in [2.24, 2.45) is 0 Å². The Morgan fingerprint density at radius 2 is 2.25 bits per heavy atom. The first kappa shape index (κ1) is 11.5. The summed E-state index contributed by atoms with van der Waals surface area (Å²) >= 11 is 1.29. The molecule has 1 aromatic rings. The number of hydrogen-bond acceptors (Lipinski definition) is 4. The fraction of sp³-hybridized carbons (Fsp3) is 0.444. The van der Waals surface area contributed by atoms with E-state index < -0.39 is 17.3 Å². The highest BCUT2D eigenvalue weighted by atomic mass is 32.2. The molecule has 0 spiro atoms. The van der Waals surface area contributed by atoms with Crippen molar-refractivity contribution in [1.82, 2.24) is 4.98 Å². The van der Waals surface area contributed by atoms with E-state index in [1.807, 2.05) is 0 Å². The van der Waals surface area contributed by atoms with E-state index in [1.165, 1.54) is 17.8 Å². The molecule has 1 saturated heterocycles. The fourth-order valence-electron chi connectivity index (χ4n) is 1.42. The number of halogens is 3. The first-order valence-electron chi connectivity index (χ1n) is 4.54. The molecule has 1 atom stereocenters. The van der Waals surface area contributed by atoms with Gasteiger partial charge in [-0.2, -0.15) is 13.2 Å². The molecule has 0 bridgehead atoms. The van der Waals surface area contributed by atoms with Gasteiger partial charge in [0.1, 0.15) is 11.1 Å². The second-order valence-electron chi connectivity index (χ2n) is 3.37. The van der Waals surface area contributed by atoms with Crippen LogP contribution in [0.1, 0.15) is 5.69 Å². The largest absolute Gasteiger partial charge is 0.433 e. The molecule has 0 aliphatic carbocycles. The van der Waals surface area contributed by atoms with Crippen molar-refractivity contribution in [2.75, 3.05) is 17.3 Å². The van der Waals surface area contributed by atoms with Gasteiger partial charge >= 0.3 is 6.18 Å². The number of aliphatic hydroxyl groups excluding tert-OH is 1. The molecule has 1 aromatic heterocycles. The van der Waals surface area contributed by atoms with Crippen LogP contribution in [0.2, 0.25) is 0 Å². The van der Waals surface area contributed by atoms with Crippen molar-refractivity contribution in [3.8, 4) is 0 Å². The minimum absolute atomic E-state index is 0.339. The summed E-state index contributed by atoms with van der Waals surface area (Å²) in [5.74, 6) is 0.489. The number of anilines is 1. The highest BCUT2D eigenvalue weighted by molar-refractivity contribution is 8.00. The summed E-state index contributed by atoms with van der Waals surface area (Å²) in [4.78, 5) is 4.97. The van der Waals surface area contributed by atoms with Crippen LogP contribution in [0.15, 0.2) is 18.3 Å². The van der Waals surface area contributed by atoms with Crippen molar-refractivity contribution >= 4 is 17.4 Å². The molecule has 1 aliphatic heterocycles. The Kier molecular flexibility index (Phi) is 2.98.